The summed E-state index contributed by atoms with van der Waals surface area (Å²) in [4.78, 5) is 12.7. The first-order valence-electron chi connectivity index (χ1n) is 5.57. The van der Waals surface area contributed by atoms with Gasteiger partial charge in [0.05, 0.1) is 5.92 Å². The van der Waals surface area contributed by atoms with Gasteiger partial charge in [0.1, 0.15) is 5.82 Å². The minimum Gasteiger partial charge on any atom is -0.481 e. The Bertz CT molecular complexity index is 393. The molecule has 0 fully saturated rings. The van der Waals surface area contributed by atoms with Gasteiger partial charge < -0.3 is 10.0 Å². The zero-order chi connectivity index (χ0) is 13.0. The third kappa shape index (κ3) is 3.53. The van der Waals surface area contributed by atoms with E-state index in [1.54, 1.807) is 25.1 Å². The molecule has 2 atom stereocenters. The molecule has 3 nitrogen and oxygen atoms in total. The predicted octanol–water partition coefficient (Wildman–Crippen LogP) is 2.54. The van der Waals surface area contributed by atoms with Gasteiger partial charge >= 0.3 is 5.97 Å². The van der Waals surface area contributed by atoms with Gasteiger partial charge in [-0.1, -0.05) is 25.1 Å². The normalized spacial score (nSPS) is 14.6. The van der Waals surface area contributed by atoms with E-state index in [2.05, 4.69) is 0 Å². The summed E-state index contributed by atoms with van der Waals surface area (Å²) in [7, 11) is 3.65. The van der Waals surface area contributed by atoms with Gasteiger partial charge in [-0.3, -0.25) is 4.79 Å². The Kier molecular flexibility index (Phi) is 4.63. The summed E-state index contributed by atoms with van der Waals surface area (Å²) in [6.07, 6.45) is 0.392. The third-order valence-corrected chi connectivity index (χ3v) is 2.89. The highest BCUT2D eigenvalue weighted by Crippen LogP contribution is 2.27. The summed E-state index contributed by atoms with van der Waals surface area (Å²) in [6.45, 7) is 1.64. The van der Waals surface area contributed by atoms with Crippen molar-refractivity contribution in [2.45, 2.75) is 19.4 Å². The largest absolute Gasteiger partial charge is 0.481 e. The van der Waals surface area contributed by atoms with Crippen LogP contribution in [0.3, 0.4) is 0 Å². The molecular formula is C13H18FNO2. The van der Waals surface area contributed by atoms with Gasteiger partial charge in [-0.15, -0.1) is 0 Å². The number of rotatable bonds is 5. The number of aliphatic carboxylic acids is 1. The zero-order valence-electron chi connectivity index (χ0n) is 10.4. The highest BCUT2D eigenvalue weighted by Gasteiger charge is 2.23. The summed E-state index contributed by atoms with van der Waals surface area (Å²) in [5, 5.41) is 8.92. The summed E-state index contributed by atoms with van der Waals surface area (Å²) < 4.78 is 13.7. The average Bonchev–Trinajstić information content (AvgIpc) is 2.26. The van der Waals surface area contributed by atoms with Gasteiger partial charge in [-0.05, 0) is 26.6 Å². The summed E-state index contributed by atoms with van der Waals surface area (Å²) in [6, 6.07) is 6.28. The van der Waals surface area contributed by atoms with E-state index in [4.69, 9.17) is 5.11 Å². The zero-order valence-corrected chi connectivity index (χ0v) is 10.4. The van der Waals surface area contributed by atoms with Gasteiger partial charge in [0.25, 0.3) is 0 Å². The lowest BCUT2D eigenvalue weighted by atomic mass is 9.95. The fourth-order valence-electron chi connectivity index (χ4n) is 1.80. The van der Waals surface area contributed by atoms with Crippen molar-refractivity contribution in [1.82, 2.24) is 4.90 Å². The number of carbonyl (C=O) groups is 1. The lowest BCUT2D eigenvalue weighted by molar-refractivity contribution is -0.141. The van der Waals surface area contributed by atoms with Crippen molar-refractivity contribution in [3.63, 3.8) is 0 Å². The van der Waals surface area contributed by atoms with Crippen LogP contribution in [0.5, 0.6) is 0 Å². The van der Waals surface area contributed by atoms with Gasteiger partial charge in [0, 0.05) is 11.6 Å². The predicted molar refractivity (Wildman–Crippen MR) is 64.2 cm³/mol. The van der Waals surface area contributed by atoms with Gasteiger partial charge in [-0.2, -0.15) is 0 Å². The second-order valence-corrected chi connectivity index (χ2v) is 4.48. The van der Waals surface area contributed by atoms with E-state index in [0.717, 1.165) is 0 Å². The fraction of sp³-hybridized carbons (Fsp3) is 0.462. The lowest BCUT2D eigenvalue weighted by Crippen LogP contribution is -2.25. The average molecular weight is 239 g/mol. The third-order valence-electron chi connectivity index (χ3n) is 2.89. The molecule has 0 aromatic heterocycles. The van der Waals surface area contributed by atoms with Crippen molar-refractivity contribution in [3.8, 4) is 0 Å². The summed E-state index contributed by atoms with van der Waals surface area (Å²) >= 11 is 0. The maximum atomic E-state index is 13.7. The summed E-state index contributed by atoms with van der Waals surface area (Å²) in [5.74, 6) is -1.64. The van der Waals surface area contributed by atoms with Crippen LogP contribution in [-0.4, -0.2) is 30.1 Å². The molecule has 0 radical (unpaired) electrons. The van der Waals surface area contributed by atoms with E-state index < -0.39 is 11.9 Å². The highest BCUT2D eigenvalue weighted by atomic mass is 19.1. The molecule has 0 aliphatic carbocycles. The minimum atomic E-state index is -0.854. The number of nitrogens with zero attached hydrogens (tertiary/aromatic N) is 1. The van der Waals surface area contributed by atoms with Crippen LogP contribution in [0.15, 0.2) is 24.3 Å². The van der Waals surface area contributed by atoms with Crippen LogP contribution < -0.4 is 0 Å². The molecule has 94 valence electrons. The van der Waals surface area contributed by atoms with E-state index in [-0.39, 0.29) is 11.9 Å². The Balaban J connectivity index is 2.94. The monoisotopic (exact) mass is 239 g/mol. The van der Waals surface area contributed by atoms with Gasteiger partial charge in [0.15, 0.2) is 0 Å². The number of carboxylic acid groups (broad SMARTS) is 1. The molecule has 0 heterocycles. The molecule has 1 aromatic rings. The Morgan fingerprint density at radius 3 is 2.47 bits per heavy atom. The van der Waals surface area contributed by atoms with Crippen LogP contribution in [0, 0.1) is 11.7 Å². The summed E-state index contributed by atoms with van der Waals surface area (Å²) in [5.41, 5.74) is 0.547. The highest BCUT2D eigenvalue weighted by molar-refractivity contribution is 5.69. The molecule has 1 aromatic carbocycles. The molecule has 0 aliphatic rings. The van der Waals surface area contributed by atoms with Gasteiger partial charge in [0.2, 0.25) is 0 Å². The van der Waals surface area contributed by atoms with Crippen molar-refractivity contribution in [3.05, 3.63) is 35.6 Å². The standard InChI is InChI=1S/C13H18FNO2/c1-9(13(16)17)8-12(15(2)3)10-6-4-5-7-11(10)14/h4-7,9,12H,8H2,1-3H3,(H,16,17). The number of benzene rings is 1. The van der Waals surface area contributed by atoms with Crippen molar-refractivity contribution < 1.29 is 14.3 Å². The minimum absolute atomic E-state index is 0.220. The first-order valence-corrected chi connectivity index (χ1v) is 5.57. The molecule has 17 heavy (non-hydrogen) atoms. The maximum absolute atomic E-state index is 13.7. The van der Waals surface area contributed by atoms with Crippen LogP contribution >= 0.6 is 0 Å². The Morgan fingerprint density at radius 2 is 2.00 bits per heavy atom. The smallest absolute Gasteiger partial charge is 0.306 e. The van der Waals surface area contributed by atoms with Crippen LogP contribution in [0.2, 0.25) is 0 Å². The second kappa shape index (κ2) is 5.77. The Labute approximate surface area is 101 Å². The first-order chi connectivity index (χ1) is 7.93. The fourth-order valence-corrected chi connectivity index (χ4v) is 1.80. The van der Waals surface area contributed by atoms with Crippen molar-refractivity contribution in [2.24, 2.45) is 5.92 Å². The van der Waals surface area contributed by atoms with Crippen molar-refractivity contribution >= 4 is 5.97 Å². The molecule has 0 spiro atoms. The SMILES string of the molecule is CC(CC(c1ccccc1F)N(C)C)C(=O)O. The van der Waals surface area contributed by atoms with Crippen LogP contribution in [0.25, 0.3) is 0 Å². The van der Waals surface area contributed by atoms with Crippen LogP contribution in [0.4, 0.5) is 4.39 Å². The van der Waals surface area contributed by atoms with E-state index >= 15 is 0 Å². The van der Waals surface area contributed by atoms with E-state index in [0.29, 0.717) is 12.0 Å². The molecule has 0 aliphatic heterocycles. The molecule has 4 heteroatoms. The molecule has 0 saturated heterocycles. The maximum Gasteiger partial charge on any atom is 0.306 e. The molecule has 0 bridgehead atoms. The lowest BCUT2D eigenvalue weighted by Gasteiger charge is -2.26. The molecule has 2 unspecified atom stereocenters. The topological polar surface area (TPSA) is 40.5 Å². The van der Waals surface area contributed by atoms with E-state index in [1.807, 2.05) is 19.0 Å². The molecule has 1 rings (SSSR count). The molecule has 1 N–H and O–H groups in total. The first kappa shape index (κ1) is 13.6. The van der Waals surface area contributed by atoms with Crippen LogP contribution in [0.1, 0.15) is 24.9 Å². The Morgan fingerprint density at radius 1 is 1.41 bits per heavy atom. The Hall–Kier alpha value is -1.42. The van der Waals surface area contributed by atoms with Crippen molar-refractivity contribution in [2.75, 3.05) is 14.1 Å². The van der Waals surface area contributed by atoms with E-state index in [9.17, 15) is 9.18 Å². The number of hydrogen-bond acceptors (Lipinski definition) is 2. The molecular weight excluding hydrogens is 221 g/mol. The van der Waals surface area contributed by atoms with Crippen LogP contribution in [-0.2, 0) is 4.79 Å². The number of hydrogen-bond donors (Lipinski definition) is 1. The molecule has 0 saturated carbocycles. The number of carboxylic acids is 1. The quantitative estimate of drug-likeness (QED) is 0.858. The second-order valence-electron chi connectivity index (χ2n) is 4.48. The van der Waals surface area contributed by atoms with E-state index in [1.165, 1.54) is 6.07 Å². The molecule has 0 amide bonds. The van der Waals surface area contributed by atoms with Gasteiger partial charge in [-0.25, -0.2) is 4.39 Å². The number of halogens is 1. The van der Waals surface area contributed by atoms with Crippen molar-refractivity contribution in [1.29, 1.82) is 0 Å².